The van der Waals surface area contributed by atoms with Crippen molar-refractivity contribution in [1.29, 1.82) is 5.26 Å². The van der Waals surface area contributed by atoms with E-state index in [-0.39, 0.29) is 41.9 Å². The van der Waals surface area contributed by atoms with Crippen molar-refractivity contribution in [2.45, 2.75) is 32.7 Å². The van der Waals surface area contributed by atoms with Gasteiger partial charge in [-0.05, 0) is 24.5 Å². The molecule has 3 rings (SSSR count). The zero-order valence-corrected chi connectivity index (χ0v) is 18.7. The third-order valence-electron chi connectivity index (χ3n) is 4.99. The smallest absolute Gasteiger partial charge is 0.414 e. The fourth-order valence-electron chi connectivity index (χ4n) is 3.30. The van der Waals surface area contributed by atoms with E-state index in [4.69, 9.17) is 4.74 Å². The van der Waals surface area contributed by atoms with Gasteiger partial charge in [-0.1, -0.05) is 37.3 Å². The SMILES string of the molecule is CCCNC(=O)CCCNC(=O)Oc1nc(C#N)c2c(=O)n(Cc3ccccc3)ccc2c1O. The highest BCUT2D eigenvalue weighted by Crippen LogP contribution is 2.32. The van der Waals surface area contributed by atoms with Crippen molar-refractivity contribution in [3.8, 4) is 17.7 Å². The minimum absolute atomic E-state index is 0.0521. The number of nitrogens with one attached hydrogen (secondary N) is 2. The number of ether oxygens (including phenoxy) is 1. The van der Waals surface area contributed by atoms with Crippen LogP contribution in [0.5, 0.6) is 11.6 Å². The Morgan fingerprint density at radius 2 is 1.94 bits per heavy atom. The summed E-state index contributed by atoms with van der Waals surface area (Å²) in [4.78, 5) is 40.6. The second-order valence-electron chi connectivity index (χ2n) is 7.52. The lowest BCUT2D eigenvalue weighted by Gasteiger charge is -2.12. The third-order valence-corrected chi connectivity index (χ3v) is 4.99. The van der Waals surface area contributed by atoms with Crippen LogP contribution in [0.25, 0.3) is 10.8 Å². The largest absolute Gasteiger partial charge is 0.503 e. The van der Waals surface area contributed by atoms with Crippen LogP contribution in [-0.2, 0) is 11.3 Å². The monoisotopic (exact) mass is 463 g/mol. The topological polar surface area (TPSA) is 146 Å². The maximum atomic E-state index is 13.0. The quantitative estimate of drug-likeness (QED) is 0.413. The molecule has 10 nitrogen and oxygen atoms in total. The van der Waals surface area contributed by atoms with E-state index in [1.165, 1.54) is 16.8 Å². The Hall–Kier alpha value is -4.39. The number of rotatable bonds is 9. The molecule has 2 heterocycles. The van der Waals surface area contributed by atoms with Gasteiger partial charge in [-0.25, -0.2) is 4.79 Å². The molecule has 10 heteroatoms. The molecule has 0 aliphatic heterocycles. The first-order valence-corrected chi connectivity index (χ1v) is 10.9. The average Bonchev–Trinajstić information content (AvgIpc) is 2.84. The number of carbonyl (C=O) groups is 2. The molecule has 0 aliphatic rings. The lowest BCUT2D eigenvalue weighted by Crippen LogP contribution is -2.30. The number of pyridine rings is 2. The minimum Gasteiger partial charge on any atom is -0.503 e. The van der Waals surface area contributed by atoms with Gasteiger partial charge in [-0.15, -0.1) is 0 Å². The number of aromatic nitrogens is 2. The number of fused-ring (bicyclic) bond motifs is 1. The van der Waals surface area contributed by atoms with Gasteiger partial charge < -0.3 is 25.0 Å². The van der Waals surface area contributed by atoms with Crippen LogP contribution in [0.2, 0.25) is 0 Å². The van der Waals surface area contributed by atoms with Crippen LogP contribution >= 0.6 is 0 Å². The van der Waals surface area contributed by atoms with Crippen LogP contribution in [0.4, 0.5) is 4.79 Å². The zero-order chi connectivity index (χ0) is 24.5. The van der Waals surface area contributed by atoms with Gasteiger partial charge >= 0.3 is 6.09 Å². The highest BCUT2D eigenvalue weighted by Gasteiger charge is 2.20. The van der Waals surface area contributed by atoms with Crippen LogP contribution in [0.1, 0.15) is 37.4 Å². The molecule has 0 bridgehead atoms. The molecule has 0 saturated heterocycles. The Balaban J connectivity index is 1.74. The molecule has 0 radical (unpaired) electrons. The highest BCUT2D eigenvalue weighted by molar-refractivity contribution is 5.92. The summed E-state index contributed by atoms with van der Waals surface area (Å²) in [6.45, 7) is 2.99. The number of nitriles is 1. The van der Waals surface area contributed by atoms with Crippen molar-refractivity contribution in [2.24, 2.45) is 0 Å². The van der Waals surface area contributed by atoms with Crippen LogP contribution < -0.4 is 20.9 Å². The molecule has 3 N–H and O–H groups in total. The van der Waals surface area contributed by atoms with Gasteiger partial charge in [0.25, 0.3) is 11.4 Å². The van der Waals surface area contributed by atoms with Crippen molar-refractivity contribution in [3.63, 3.8) is 0 Å². The van der Waals surface area contributed by atoms with Crippen LogP contribution in [0, 0.1) is 11.3 Å². The van der Waals surface area contributed by atoms with Gasteiger partial charge in [-0.3, -0.25) is 9.59 Å². The molecule has 0 unspecified atom stereocenters. The Kier molecular flexibility index (Phi) is 8.18. The molecule has 0 spiro atoms. The molecule has 176 valence electrons. The van der Waals surface area contributed by atoms with E-state index in [0.717, 1.165) is 12.0 Å². The summed E-state index contributed by atoms with van der Waals surface area (Å²) in [5.74, 6) is -1.11. The maximum absolute atomic E-state index is 13.0. The molecule has 0 aliphatic carbocycles. The zero-order valence-electron chi connectivity index (χ0n) is 18.7. The summed E-state index contributed by atoms with van der Waals surface area (Å²) in [5, 5.41) is 25.3. The molecule has 1 aromatic carbocycles. The molecule has 0 atom stereocenters. The summed E-state index contributed by atoms with van der Waals surface area (Å²) >= 11 is 0. The minimum atomic E-state index is -0.905. The number of aromatic hydroxyl groups is 1. The van der Waals surface area contributed by atoms with E-state index in [1.54, 1.807) is 0 Å². The Labute approximate surface area is 195 Å². The first kappa shape index (κ1) is 24.3. The van der Waals surface area contributed by atoms with Crippen molar-refractivity contribution < 1.29 is 19.4 Å². The number of amides is 2. The summed E-state index contributed by atoms with van der Waals surface area (Å²) in [6.07, 6.45) is 2.06. The van der Waals surface area contributed by atoms with Gasteiger partial charge in [-0.2, -0.15) is 10.2 Å². The number of benzene rings is 1. The maximum Gasteiger partial charge on any atom is 0.414 e. The van der Waals surface area contributed by atoms with Crippen molar-refractivity contribution in [3.05, 3.63) is 64.2 Å². The molecule has 3 aromatic rings. The molecule has 2 aromatic heterocycles. The first-order chi connectivity index (χ1) is 16.4. The van der Waals surface area contributed by atoms with Gasteiger partial charge in [0, 0.05) is 31.1 Å². The predicted molar refractivity (Wildman–Crippen MR) is 124 cm³/mol. The summed E-state index contributed by atoms with van der Waals surface area (Å²) < 4.78 is 6.47. The Morgan fingerprint density at radius 3 is 2.65 bits per heavy atom. The molecular weight excluding hydrogens is 438 g/mol. The van der Waals surface area contributed by atoms with Crippen LogP contribution in [0.3, 0.4) is 0 Å². The highest BCUT2D eigenvalue weighted by atomic mass is 16.6. The average molecular weight is 463 g/mol. The van der Waals surface area contributed by atoms with Gasteiger partial charge in [0.2, 0.25) is 5.91 Å². The molecule has 0 saturated carbocycles. The summed E-state index contributed by atoms with van der Waals surface area (Å²) in [6, 6.07) is 12.6. The first-order valence-electron chi connectivity index (χ1n) is 10.9. The van der Waals surface area contributed by atoms with Crippen molar-refractivity contribution in [1.82, 2.24) is 20.2 Å². The van der Waals surface area contributed by atoms with Crippen molar-refractivity contribution >= 4 is 22.8 Å². The van der Waals surface area contributed by atoms with Crippen LogP contribution in [-0.4, -0.2) is 39.7 Å². The van der Waals surface area contributed by atoms with E-state index >= 15 is 0 Å². The standard InChI is InChI=1S/C24H25N5O5/c1-2-11-26-19(30)9-6-12-27-24(33)34-22-21(31)17-10-13-29(15-16-7-4-3-5-8-16)23(32)20(17)18(14-25)28-22/h3-5,7-8,10,13,31H,2,6,9,11-12,15H2,1H3,(H,26,30)(H,27,33). The lowest BCUT2D eigenvalue weighted by atomic mass is 10.1. The summed E-state index contributed by atoms with van der Waals surface area (Å²) in [7, 11) is 0. The molecule has 0 fully saturated rings. The van der Waals surface area contributed by atoms with E-state index in [1.807, 2.05) is 43.3 Å². The molecule has 34 heavy (non-hydrogen) atoms. The van der Waals surface area contributed by atoms with Gasteiger partial charge in [0.05, 0.1) is 11.9 Å². The molecular formula is C24H25N5O5. The Bertz CT molecular complexity index is 1280. The van der Waals surface area contributed by atoms with Gasteiger partial charge in [0.15, 0.2) is 11.4 Å². The number of carbonyl (C=O) groups excluding carboxylic acids is 2. The third kappa shape index (κ3) is 5.89. The van der Waals surface area contributed by atoms with E-state index in [2.05, 4.69) is 15.6 Å². The van der Waals surface area contributed by atoms with E-state index in [0.29, 0.717) is 13.0 Å². The van der Waals surface area contributed by atoms with Gasteiger partial charge in [0.1, 0.15) is 6.07 Å². The normalized spacial score (nSPS) is 10.5. The molecule has 2 amide bonds. The second-order valence-corrected chi connectivity index (χ2v) is 7.52. The number of nitrogens with zero attached hydrogens (tertiary/aromatic N) is 3. The fraction of sp³-hybridized carbons (Fsp3) is 0.292. The fourth-order valence-corrected chi connectivity index (χ4v) is 3.30. The predicted octanol–water partition coefficient (Wildman–Crippen LogP) is 2.42. The lowest BCUT2D eigenvalue weighted by molar-refractivity contribution is -0.121. The number of hydrogen-bond donors (Lipinski definition) is 3. The summed E-state index contributed by atoms with van der Waals surface area (Å²) in [5.41, 5.74) is 0.118. The van der Waals surface area contributed by atoms with E-state index in [9.17, 15) is 24.8 Å². The van der Waals surface area contributed by atoms with E-state index < -0.39 is 23.3 Å². The number of hydrogen-bond acceptors (Lipinski definition) is 7. The second kappa shape index (κ2) is 11.5. The van der Waals surface area contributed by atoms with Crippen LogP contribution in [0.15, 0.2) is 47.4 Å². The van der Waals surface area contributed by atoms with Crippen molar-refractivity contribution in [2.75, 3.05) is 13.1 Å². The Morgan fingerprint density at radius 1 is 1.18 bits per heavy atom.